The average molecular weight is 343 g/mol. The third kappa shape index (κ3) is 4.72. The Labute approximate surface area is 138 Å². The van der Waals surface area contributed by atoms with E-state index in [-0.39, 0.29) is 12.0 Å². The minimum Gasteiger partial charge on any atom is -0.481 e. The summed E-state index contributed by atoms with van der Waals surface area (Å²) in [6, 6.07) is 7.28. The molecule has 24 heavy (non-hydrogen) atoms. The van der Waals surface area contributed by atoms with Crippen molar-refractivity contribution in [2.45, 2.75) is 56.2 Å². The second-order valence-corrected chi connectivity index (χ2v) is 6.32. The van der Waals surface area contributed by atoms with E-state index in [1.807, 2.05) is 0 Å². The van der Waals surface area contributed by atoms with Gasteiger partial charge in [0.2, 0.25) is 5.91 Å². The normalized spacial score (nSPS) is 18.1. The molecule has 1 amide bonds. The third-order valence-corrected chi connectivity index (χ3v) is 4.44. The van der Waals surface area contributed by atoms with Crippen LogP contribution in [0.5, 0.6) is 0 Å². The van der Waals surface area contributed by atoms with Crippen LogP contribution in [0.15, 0.2) is 30.3 Å². The molecule has 1 saturated carbocycles. The zero-order valence-electron chi connectivity index (χ0n) is 13.1. The molecule has 1 unspecified atom stereocenters. The smallest absolute Gasteiger partial charge is 0.396 e. The van der Waals surface area contributed by atoms with Crippen molar-refractivity contribution in [1.29, 1.82) is 0 Å². The van der Waals surface area contributed by atoms with Crippen molar-refractivity contribution in [2.75, 3.05) is 0 Å². The average Bonchev–Trinajstić information content (AvgIpc) is 2.91. The van der Waals surface area contributed by atoms with Gasteiger partial charge in [-0.15, -0.1) is 0 Å². The van der Waals surface area contributed by atoms with Gasteiger partial charge in [-0.2, -0.15) is 13.2 Å². The summed E-state index contributed by atoms with van der Waals surface area (Å²) in [4.78, 5) is 23.2. The van der Waals surface area contributed by atoms with Gasteiger partial charge in [0.1, 0.15) is 0 Å². The molecule has 1 aliphatic rings. The van der Waals surface area contributed by atoms with Crippen LogP contribution in [0.4, 0.5) is 13.2 Å². The van der Waals surface area contributed by atoms with Crippen molar-refractivity contribution >= 4 is 11.9 Å². The lowest BCUT2D eigenvalue weighted by Crippen LogP contribution is -2.48. The van der Waals surface area contributed by atoms with Crippen LogP contribution in [0.3, 0.4) is 0 Å². The number of hydrogen-bond donors (Lipinski definition) is 2. The molecule has 0 aliphatic heterocycles. The van der Waals surface area contributed by atoms with Crippen LogP contribution in [0.1, 0.15) is 50.0 Å². The summed E-state index contributed by atoms with van der Waals surface area (Å²) in [5.74, 6) is -3.72. The molecule has 0 spiro atoms. The molecule has 132 valence electrons. The van der Waals surface area contributed by atoms with Gasteiger partial charge in [-0.25, -0.2) is 0 Å². The largest absolute Gasteiger partial charge is 0.481 e. The van der Waals surface area contributed by atoms with Crippen LogP contribution in [0.25, 0.3) is 0 Å². The molecular weight excluding hydrogens is 323 g/mol. The van der Waals surface area contributed by atoms with E-state index in [1.165, 1.54) is 24.3 Å². The first-order chi connectivity index (χ1) is 11.2. The fourth-order valence-corrected chi connectivity index (χ4v) is 3.33. The van der Waals surface area contributed by atoms with Crippen molar-refractivity contribution in [1.82, 2.24) is 5.32 Å². The highest BCUT2D eigenvalue weighted by Gasteiger charge is 2.43. The molecule has 0 heterocycles. The second-order valence-electron chi connectivity index (χ2n) is 6.32. The number of benzene rings is 1. The Morgan fingerprint density at radius 1 is 1.17 bits per heavy atom. The Hall–Kier alpha value is -2.05. The number of rotatable bonds is 6. The molecule has 0 aromatic heterocycles. The van der Waals surface area contributed by atoms with E-state index < -0.39 is 35.9 Å². The summed E-state index contributed by atoms with van der Waals surface area (Å²) in [6.07, 6.45) is -3.08. The monoisotopic (exact) mass is 343 g/mol. The first kappa shape index (κ1) is 18.3. The van der Waals surface area contributed by atoms with Crippen LogP contribution in [-0.2, 0) is 9.59 Å². The molecule has 0 saturated heterocycles. The molecule has 2 rings (SSSR count). The highest BCUT2D eigenvalue weighted by atomic mass is 19.4. The van der Waals surface area contributed by atoms with Gasteiger partial charge in [-0.3, -0.25) is 9.59 Å². The van der Waals surface area contributed by atoms with E-state index >= 15 is 0 Å². The quantitative estimate of drug-likeness (QED) is 0.829. The van der Waals surface area contributed by atoms with E-state index in [1.54, 1.807) is 6.07 Å². The molecule has 2 N–H and O–H groups in total. The Kier molecular flexibility index (Phi) is 5.51. The Morgan fingerprint density at radius 3 is 2.25 bits per heavy atom. The van der Waals surface area contributed by atoms with Crippen LogP contribution >= 0.6 is 0 Å². The summed E-state index contributed by atoms with van der Waals surface area (Å²) in [5, 5.41) is 11.6. The molecule has 7 heteroatoms. The molecule has 4 nitrogen and oxygen atoms in total. The van der Waals surface area contributed by atoms with Crippen molar-refractivity contribution in [3.63, 3.8) is 0 Å². The van der Waals surface area contributed by atoms with Gasteiger partial charge in [-0.05, 0) is 18.4 Å². The summed E-state index contributed by atoms with van der Waals surface area (Å²) >= 11 is 0. The molecule has 1 aromatic carbocycles. The summed E-state index contributed by atoms with van der Waals surface area (Å²) < 4.78 is 39.9. The molecule has 0 radical (unpaired) electrons. The maximum absolute atomic E-state index is 13.3. The maximum Gasteiger partial charge on any atom is 0.396 e. The zero-order valence-corrected chi connectivity index (χ0v) is 13.1. The third-order valence-electron chi connectivity index (χ3n) is 4.44. The number of amides is 1. The second kappa shape index (κ2) is 7.23. The number of carboxylic acid groups (broad SMARTS) is 1. The Morgan fingerprint density at radius 2 is 1.75 bits per heavy atom. The molecular formula is C17H20F3NO3. The molecule has 1 atom stereocenters. The summed E-state index contributed by atoms with van der Waals surface area (Å²) in [7, 11) is 0. The highest BCUT2D eigenvalue weighted by molar-refractivity contribution is 5.79. The topological polar surface area (TPSA) is 66.4 Å². The van der Waals surface area contributed by atoms with Gasteiger partial charge in [-0.1, -0.05) is 43.2 Å². The van der Waals surface area contributed by atoms with Gasteiger partial charge < -0.3 is 10.4 Å². The van der Waals surface area contributed by atoms with Crippen LogP contribution in [0, 0.1) is 0 Å². The minimum absolute atomic E-state index is 0.0267. The SMILES string of the molecule is O=C(O)CC1(NC(=O)CC(c2ccccc2)C(F)(F)F)CCCC1. The van der Waals surface area contributed by atoms with Gasteiger partial charge in [0.15, 0.2) is 0 Å². The summed E-state index contributed by atoms with van der Waals surface area (Å²) in [6.45, 7) is 0. The van der Waals surface area contributed by atoms with Crippen molar-refractivity contribution < 1.29 is 27.9 Å². The van der Waals surface area contributed by atoms with E-state index in [4.69, 9.17) is 5.11 Å². The van der Waals surface area contributed by atoms with E-state index in [0.29, 0.717) is 12.8 Å². The predicted molar refractivity (Wildman–Crippen MR) is 81.4 cm³/mol. The van der Waals surface area contributed by atoms with Gasteiger partial charge in [0.05, 0.1) is 17.9 Å². The Bertz CT molecular complexity index is 580. The molecule has 1 aromatic rings. The van der Waals surface area contributed by atoms with E-state index in [9.17, 15) is 22.8 Å². The number of hydrogen-bond acceptors (Lipinski definition) is 2. The number of aliphatic carboxylic acids is 1. The number of carboxylic acids is 1. The van der Waals surface area contributed by atoms with Crippen LogP contribution in [0.2, 0.25) is 0 Å². The van der Waals surface area contributed by atoms with E-state index in [0.717, 1.165) is 12.8 Å². The standard InChI is InChI=1S/C17H20F3NO3/c18-17(19,20)13(12-6-2-1-3-7-12)10-14(22)21-16(11-15(23)24)8-4-5-9-16/h1-3,6-7,13H,4-5,8-11H2,(H,21,22)(H,23,24). The molecule has 0 bridgehead atoms. The number of halogens is 3. The van der Waals surface area contributed by atoms with Crippen molar-refractivity contribution in [3.8, 4) is 0 Å². The van der Waals surface area contributed by atoms with Crippen molar-refractivity contribution in [2.24, 2.45) is 0 Å². The Balaban J connectivity index is 2.11. The fraction of sp³-hybridized carbons (Fsp3) is 0.529. The number of carbonyl (C=O) groups excluding carboxylic acids is 1. The first-order valence-corrected chi connectivity index (χ1v) is 7.86. The lowest BCUT2D eigenvalue weighted by Gasteiger charge is -2.30. The van der Waals surface area contributed by atoms with Gasteiger partial charge >= 0.3 is 12.1 Å². The van der Waals surface area contributed by atoms with Gasteiger partial charge in [0, 0.05) is 6.42 Å². The zero-order chi connectivity index (χ0) is 17.8. The fourth-order valence-electron chi connectivity index (χ4n) is 3.33. The molecule has 1 fully saturated rings. The lowest BCUT2D eigenvalue weighted by atomic mass is 9.91. The van der Waals surface area contributed by atoms with Crippen molar-refractivity contribution in [3.05, 3.63) is 35.9 Å². The molecule has 1 aliphatic carbocycles. The van der Waals surface area contributed by atoms with Gasteiger partial charge in [0.25, 0.3) is 0 Å². The predicted octanol–water partition coefficient (Wildman–Crippen LogP) is 3.63. The highest BCUT2D eigenvalue weighted by Crippen LogP contribution is 2.38. The van der Waals surface area contributed by atoms with E-state index in [2.05, 4.69) is 5.32 Å². The maximum atomic E-state index is 13.3. The minimum atomic E-state index is -4.55. The number of nitrogens with one attached hydrogen (secondary N) is 1. The number of carbonyl (C=O) groups is 2. The van der Waals surface area contributed by atoms with Crippen LogP contribution < -0.4 is 5.32 Å². The first-order valence-electron chi connectivity index (χ1n) is 7.86. The lowest BCUT2D eigenvalue weighted by molar-refractivity contribution is -0.158. The summed E-state index contributed by atoms with van der Waals surface area (Å²) in [5.41, 5.74) is -0.894. The number of alkyl halides is 3. The van der Waals surface area contributed by atoms with Crippen LogP contribution in [-0.4, -0.2) is 28.7 Å².